The highest BCUT2D eigenvalue weighted by atomic mass is 32.2. The zero-order valence-electron chi connectivity index (χ0n) is 17.1. The number of hydrogen-bond acceptors (Lipinski definition) is 5. The van der Waals surface area contributed by atoms with Crippen LogP contribution in [0.5, 0.6) is 0 Å². The molecule has 2 rings (SSSR count). The molecule has 2 N–H and O–H groups in total. The van der Waals surface area contributed by atoms with E-state index in [1.165, 1.54) is 16.8 Å². The maximum atomic E-state index is 4.19. The SMILES string of the molecule is CN/C(=C\SCNC1=C(/C)CN(C)CC(C)/C=C/C=C\1C)c1cccnc1. The Hall–Kier alpha value is -1.98. The van der Waals surface area contributed by atoms with E-state index < -0.39 is 0 Å². The molecule has 1 aromatic rings. The molecule has 1 aliphatic rings. The average molecular weight is 385 g/mol. The molecule has 4 nitrogen and oxygen atoms in total. The Labute approximate surface area is 168 Å². The van der Waals surface area contributed by atoms with E-state index >= 15 is 0 Å². The zero-order chi connectivity index (χ0) is 19.6. The van der Waals surface area contributed by atoms with E-state index in [0.29, 0.717) is 5.92 Å². The van der Waals surface area contributed by atoms with Gasteiger partial charge in [0.15, 0.2) is 0 Å². The summed E-state index contributed by atoms with van der Waals surface area (Å²) >= 11 is 1.74. The van der Waals surface area contributed by atoms with Crippen molar-refractivity contribution in [3.05, 3.63) is 70.6 Å². The summed E-state index contributed by atoms with van der Waals surface area (Å²) in [7, 11) is 4.13. The van der Waals surface area contributed by atoms with Crippen LogP contribution in [-0.4, -0.2) is 42.9 Å². The highest BCUT2D eigenvalue weighted by molar-refractivity contribution is 8.02. The molecule has 0 aliphatic carbocycles. The van der Waals surface area contributed by atoms with Gasteiger partial charge in [-0.15, -0.1) is 11.8 Å². The molecule has 1 atom stereocenters. The number of nitrogens with one attached hydrogen (secondary N) is 2. The first kappa shape index (κ1) is 21.3. The molecule has 2 heterocycles. The molecule has 146 valence electrons. The molecule has 1 aromatic heterocycles. The third-order valence-corrected chi connectivity index (χ3v) is 5.20. The van der Waals surface area contributed by atoms with Crippen LogP contribution in [0.2, 0.25) is 0 Å². The minimum absolute atomic E-state index is 0.564. The second-order valence-electron chi connectivity index (χ2n) is 7.07. The van der Waals surface area contributed by atoms with Crippen LogP contribution in [0.4, 0.5) is 0 Å². The van der Waals surface area contributed by atoms with Gasteiger partial charge in [-0.05, 0) is 55.5 Å². The van der Waals surface area contributed by atoms with Gasteiger partial charge in [0.05, 0.1) is 5.88 Å². The lowest BCUT2D eigenvalue weighted by Crippen LogP contribution is -2.28. The van der Waals surface area contributed by atoms with E-state index in [1.807, 2.05) is 19.3 Å². The van der Waals surface area contributed by atoms with Crippen LogP contribution in [0.3, 0.4) is 0 Å². The van der Waals surface area contributed by atoms with Crippen molar-refractivity contribution in [1.82, 2.24) is 20.5 Å². The molecule has 5 heteroatoms. The van der Waals surface area contributed by atoms with E-state index in [9.17, 15) is 0 Å². The Morgan fingerprint density at radius 1 is 1.41 bits per heavy atom. The van der Waals surface area contributed by atoms with Gasteiger partial charge >= 0.3 is 0 Å². The largest absolute Gasteiger partial charge is 0.387 e. The lowest BCUT2D eigenvalue weighted by atomic mass is 10.0. The third kappa shape index (κ3) is 6.92. The number of thioether (sulfide) groups is 1. The highest BCUT2D eigenvalue weighted by Crippen LogP contribution is 2.18. The normalized spacial score (nSPS) is 25.4. The Bertz CT molecular complexity index is 719. The number of nitrogens with zero attached hydrogens (tertiary/aromatic N) is 2. The molecule has 0 radical (unpaired) electrons. The Balaban J connectivity index is 2.06. The van der Waals surface area contributed by atoms with Crippen molar-refractivity contribution in [2.24, 2.45) is 5.92 Å². The summed E-state index contributed by atoms with van der Waals surface area (Å²) in [5.74, 6) is 1.38. The fourth-order valence-electron chi connectivity index (χ4n) is 3.23. The second kappa shape index (κ2) is 11.0. The van der Waals surface area contributed by atoms with Crippen LogP contribution in [-0.2, 0) is 0 Å². The van der Waals surface area contributed by atoms with Gasteiger partial charge in [0.1, 0.15) is 0 Å². The van der Waals surface area contributed by atoms with Gasteiger partial charge in [-0.1, -0.05) is 25.2 Å². The summed E-state index contributed by atoms with van der Waals surface area (Å²) in [6.45, 7) is 8.71. The van der Waals surface area contributed by atoms with Crippen LogP contribution in [0.25, 0.3) is 5.70 Å². The monoisotopic (exact) mass is 384 g/mol. The van der Waals surface area contributed by atoms with Crippen LogP contribution in [0.1, 0.15) is 26.3 Å². The molecule has 0 spiro atoms. The Morgan fingerprint density at radius 3 is 2.93 bits per heavy atom. The van der Waals surface area contributed by atoms with Crippen molar-refractivity contribution in [2.75, 3.05) is 33.1 Å². The van der Waals surface area contributed by atoms with Crippen LogP contribution in [0.15, 0.2) is 65.0 Å². The molecular formula is C22H32N4S. The number of allylic oxidation sites excluding steroid dienone is 3. The summed E-state index contributed by atoms with van der Waals surface area (Å²) < 4.78 is 0. The fourth-order valence-corrected chi connectivity index (χ4v) is 3.96. The van der Waals surface area contributed by atoms with E-state index in [2.05, 4.69) is 78.0 Å². The third-order valence-electron chi connectivity index (χ3n) is 4.49. The van der Waals surface area contributed by atoms with Gasteiger partial charge in [-0.3, -0.25) is 4.98 Å². The van der Waals surface area contributed by atoms with E-state index in [4.69, 9.17) is 0 Å². The minimum atomic E-state index is 0.564. The summed E-state index contributed by atoms with van der Waals surface area (Å²) in [4.78, 5) is 6.58. The summed E-state index contributed by atoms with van der Waals surface area (Å²) in [5.41, 5.74) is 6.07. The first-order valence-corrected chi connectivity index (χ1v) is 10.4. The molecule has 0 amide bonds. The maximum Gasteiger partial charge on any atom is 0.0652 e. The number of rotatable bonds is 6. The van der Waals surface area contributed by atoms with E-state index in [-0.39, 0.29) is 0 Å². The Morgan fingerprint density at radius 2 is 2.22 bits per heavy atom. The molecular weight excluding hydrogens is 352 g/mol. The first-order valence-electron chi connectivity index (χ1n) is 9.38. The molecule has 1 aliphatic heterocycles. The number of aromatic nitrogens is 1. The smallest absolute Gasteiger partial charge is 0.0652 e. The summed E-state index contributed by atoms with van der Waals surface area (Å²) in [6.07, 6.45) is 10.3. The molecule has 0 aromatic carbocycles. The van der Waals surface area contributed by atoms with Gasteiger partial charge in [0, 0.05) is 49.5 Å². The predicted octanol–water partition coefficient (Wildman–Crippen LogP) is 4.24. The summed E-state index contributed by atoms with van der Waals surface area (Å²) in [5, 5.41) is 9.02. The standard InChI is InChI=1S/C22H32N4S/c1-17-8-6-9-18(2)22(19(3)14-26(5)13-17)25-16-27-15-21(23-4)20-10-7-11-24-12-20/h6-12,15,17,23,25H,13-14,16H2,1-5H3/b8-6+,18-9-,21-15-,22-19-. The topological polar surface area (TPSA) is 40.2 Å². The van der Waals surface area contributed by atoms with Crippen LogP contribution >= 0.6 is 11.8 Å². The van der Waals surface area contributed by atoms with E-state index in [1.54, 1.807) is 18.0 Å². The molecule has 0 saturated carbocycles. The predicted molar refractivity (Wildman–Crippen MR) is 119 cm³/mol. The molecule has 0 bridgehead atoms. The summed E-state index contributed by atoms with van der Waals surface area (Å²) in [6, 6.07) is 4.02. The highest BCUT2D eigenvalue weighted by Gasteiger charge is 2.10. The van der Waals surface area contributed by atoms with Gasteiger partial charge in [0.25, 0.3) is 0 Å². The van der Waals surface area contributed by atoms with Crippen molar-refractivity contribution in [2.45, 2.75) is 20.8 Å². The average Bonchev–Trinajstić information content (AvgIpc) is 2.64. The second-order valence-corrected chi connectivity index (χ2v) is 7.93. The molecule has 0 saturated heterocycles. The number of hydrogen-bond donors (Lipinski definition) is 2. The molecule has 27 heavy (non-hydrogen) atoms. The Kier molecular flexibility index (Phi) is 8.69. The first-order chi connectivity index (χ1) is 13.0. The maximum absolute atomic E-state index is 4.19. The van der Waals surface area contributed by atoms with Crippen molar-refractivity contribution in [3.8, 4) is 0 Å². The van der Waals surface area contributed by atoms with Crippen molar-refractivity contribution in [1.29, 1.82) is 0 Å². The van der Waals surface area contributed by atoms with Crippen LogP contribution in [0, 0.1) is 5.92 Å². The van der Waals surface area contributed by atoms with Gasteiger partial charge < -0.3 is 15.5 Å². The zero-order valence-corrected chi connectivity index (χ0v) is 17.9. The van der Waals surface area contributed by atoms with Gasteiger partial charge in [0.2, 0.25) is 0 Å². The van der Waals surface area contributed by atoms with Crippen molar-refractivity contribution >= 4 is 17.5 Å². The lowest BCUT2D eigenvalue weighted by molar-refractivity contribution is 0.330. The van der Waals surface area contributed by atoms with Crippen molar-refractivity contribution in [3.63, 3.8) is 0 Å². The van der Waals surface area contributed by atoms with E-state index in [0.717, 1.165) is 30.2 Å². The number of likely N-dealkylation sites (N-methyl/N-ethyl adjacent to an activating group) is 1. The lowest BCUT2D eigenvalue weighted by Gasteiger charge is -2.23. The quantitative estimate of drug-likeness (QED) is 0.567. The molecule has 0 fully saturated rings. The number of pyridine rings is 1. The van der Waals surface area contributed by atoms with Crippen LogP contribution < -0.4 is 10.6 Å². The van der Waals surface area contributed by atoms with Crippen molar-refractivity contribution < 1.29 is 0 Å². The van der Waals surface area contributed by atoms with Gasteiger partial charge in [-0.2, -0.15) is 0 Å². The molecule has 1 unspecified atom stereocenters. The van der Waals surface area contributed by atoms with Gasteiger partial charge in [-0.25, -0.2) is 0 Å². The fraction of sp³-hybridized carbons (Fsp3) is 0.409. The minimum Gasteiger partial charge on any atom is -0.387 e.